The standard InChI is InChI=1S/C8H5F5N2O2/c1-3-6(15(16)17)4(8(11,12)13)2-5(14-3)7(9)10/h2,7H,1H3. The molecule has 17 heavy (non-hydrogen) atoms. The summed E-state index contributed by atoms with van der Waals surface area (Å²) in [4.78, 5) is 12.2. The average molecular weight is 256 g/mol. The molecule has 0 saturated heterocycles. The van der Waals surface area contributed by atoms with Crippen molar-refractivity contribution >= 4 is 5.69 Å². The highest BCUT2D eigenvalue weighted by molar-refractivity contribution is 5.46. The second kappa shape index (κ2) is 4.22. The molecule has 0 aliphatic rings. The summed E-state index contributed by atoms with van der Waals surface area (Å²) >= 11 is 0. The molecule has 0 aliphatic carbocycles. The Hall–Kier alpha value is -1.80. The molecule has 0 radical (unpaired) electrons. The van der Waals surface area contributed by atoms with Gasteiger partial charge >= 0.3 is 11.9 Å². The number of aromatic nitrogens is 1. The van der Waals surface area contributed by atoms with Gasteiger partial charge in [0.15, 0.2) is 0 Å². The van der Waals surface area contributed by atoms with Crippen LogP contribution in [0.4, 0.5) is 27.6 Å². The summed E-state index contributed by atoms with van der Waals surface area (Å²) in [5, 5.41) is 10.4. The van der Waals surface area contributed by atoms with Gasteiger partial charge in [-0.1, -0.05) is 0 Å². The van der Waals surface area contributed by atoms with Crippen molar-refractivity contribution in [2.75, 3.05) is 0 Å². The molecule has 0 aromatic carbocycles. The number of hydrogen-bond donors (Lipinski definition) is 0. The Morgan fingerprint density at radius 2 is 1.94 bits per heavy atom. The monoisotopic (exact) mass is 256 g/mol. The van der Waals surface area contributed by atoms with Crippen LogP contribution in [-0.2, 0) is 6.18 Å². The van der Waals surface area contributed by atoms with Crippen molar-refractivity contribution in [3.05, 3.63) is 33.1 Å². The summed E-state index contributed by atoms with van der Waals surface area (Å²) in [5.74, 6) is 0. The first-order valence-corrected chi connectivity index (χ1v) is 4.16. The summed E-state index contributed by atoms with van der Waals surface area (Å²) < 4.78 is 61.9. The smallest absolute Gasteiger partial charge is 0.258 e. The Bertz CT molecular complexity index is 458. The number of pyridine rings is 1. The largest absolute Gasteiger partial charge is 0.423 e. The Morgan fingerprint density at radius 3 is 2.29 bits per heavy atom. The zero-order valence-electron chi connectivity index (χ0n) is 8.26. The number of halogens is 5. The fourth-order valence-corrected chi connectivity index (χ4v) is 1.25. The fourth-order valence-electron chi connectivity index (χ4n) is 1.25. The fraction of sp³-hybridized carbons (Fsp3) is 0.375. The normalized spacial score (nSPS) is 11.9. The lowest BCUT2D eigenvalue weighted by atomic mass is 10.1. The maximum absolute atomic E-state index is 12.5. The summed E-state index contributed by atoms with van der Waals surface area (Å²) in [5.41, 5.74) is -4.85. The molecule has 4 nitrogen and oxygen atoms in total. The maximum Gasteiger partial charge on any atom is 0.423 e. The third kappa shape index (κ3) is 2.66. The number of aryl methyl sites for hydroxylation is 1. The summed E-state index contributed by atoms with van der Waals surface area (Å²) in [6.07, 6.45) is -8.31. The van der Waals surface area contributed by atoms with E-state index in [9.17, 15) is 32.1 Å². The van der Waals surface area contributed by atoms with Crippen LogP contribution in [0.25, 0.3) is 0 Å². The lowest BCUT2D eigenvalue weighted by Gasteiger charge is -2.10. The molecule has 0 unspecified atom stereocenters. The van der Waals surface area contributed by atoms with Crippen molar-refractivity contribution in [3.63, 3.8) is 0 Å². The van der Waals surface area contributed by atoms with Gasteiger partial charge in [-0.05, 0) is 13.0 Å². The molecule has 0 aliphatic heterocycles. The van der Waals surface area contributed by atoms with Gasteiger partial charge in [0.25, 0.3) is 6.43 Å². The van der Waals surface area contributed by atoms with E-state index >= 15 is 0 Å². The number of rotatable bonds is 2. The van der Waals surface area contributed by atoms with E-state index in [1.165, 1.54) is 0 Å². The highest BCUT2D eigenvalue weighted by Gasteiger charge is 2.41. The number of nitro groups is 1. The molecule has 94 valence electrons. The number of nitrogens with zero attached hydrogens (tertiary/aromatic N) is 2. The highest BCUT2D eigenvalue weighted by atomic mass is 19.4. The first-order chi connectivity index (χ1) is 7.64. The number of hydrogen-bond acceptors (Lipinski definition) is 3. The summed E-state index contributed by atoms with van der Waals surface area (Å²) in [7, 11) is 0. The van der Waals surface area contributed by atoms with E-state index < -0.39 is 40.2 Å². The number of alkyl halides is 5. The van der Waals surface area contributed by atoms with Crippen molar-refractivity contribution in [3.8, 4) is 0 Å². The van der Waals surface area contributed by atoms with Gasteiger partial charge < -0.3 is 0 Å². The molecule has 1 rings (SSSR count). The average Bonchev–Trinajstić information content (AvgIpc) is 2.14. The van der Waals surface area contributed by atoms with Gasteiger partial charge in [0.05, 0.1) is 4.92 Å². The molecule has 0 amide bonds. The van der Waals surface area contributed by atoms with Gasteiger partial charge in [-0.15, -0.1) is 0 Å². The summed E-state index contributed by atoms with van der Waals surface area (Å²) in [6, 6.07) is -0.00417. The zero-order chi connectivity index (χ0) is 13.4. The Balaban J connectivity index is 3.57. The Labute approximate surface area is 91.2 Å². The van der Waals surface area contributed by atoms with Gasteiger partial charge in [0, 0.05) is 0 Å². The van der Waals surface area contributed by atoms with E-state index in [4.69, 9.17) is 0 Å². The van der Waals surface area contributed by atoms with Crippen molar-refractivity contribution in [2.45, 2.75) is 19.5 Å². The first-order valence-electron chi connectivity index (χ1n) is 4.16. The molecule has 0 atom stereocenters. The SMILES string of the molecule is Cc1nc(C(F)F)cc(C(F)(F)F)c1[N+](=O)[O-]. The molecule has 1 aromatic rings. The van der Waals surface area contributed by atoms with Gasteiger partial charge in [0.2, 0.25) is 0 Å². The van der Waals surface area contributed by atoms with Crippen LogP contribution in [0.5, 0.6) is 0 Å². The molecule has 1 heterocycles. The van der Waals surface area contributed by atoms with Crippen molar-refractivity contribution < 1.29 is 26.9 Å². The van der Waals surface area contributed by atoms with Gasteiger partial charge in [-0.2, -0.15) is 13.2 Å². The van der Waals surface area contributed by atoms with Crippen molar-refractivity contribution in [2.24, 2.45) is 0 Å². The van der Waals surface area contributed by atoms with Gasteiger partial charge in [-0.25, -0.2) is 13.8 Å². The summed E-state index contributed by atoms with van der Waals surface area (Å²) in [6.45, 7) is 0.874. The molecule has 0 fully saturated rings. The van der Waals surface area contributed by atoms with E-state index in [0.29, 0.717) is 0 Å². The molecule has 0 N–H and O–H groups in total. The van der Waals surface area contributed by atoms with Crippen LogP contribution in [0.1, 0.15) is 23.4 Å². The van der Waals surface area contributed by atoms with E-state index in [1.54, 1.807) is 0 Å². The zero-order valence-corrected chi connectivity index (χ0v) is 8.26. The predicted molar refractivity (Wildman–Crippen MR) is 45.6 cm³/mol. The van der Waals surface area contributed by atoms with Gasteiger partial charge in [0.1, 0.15) is 17.0 Å². The van der Waals surface area contributed by atoms with E-state index in [1.807, 2.05) is 0 Å². The second-order valence-corrected chi connectivity index (χ2v) is 3.08. The minimum atomic E-state index is -5.08. The molecule has 9 heteroatoms. The molecule has 0 spiro atoms. The van der Waals surface area contributed by atoms with Crippen LogP contribution < -0.4 is 0 Å². The quantitative estimate of drug-likeness (QED) is 0.463. The molecular formula is C8H5F5N2O2. The highest BCUT2D eigenvalue weighted by Crippen LogP contribution is 2.38. The third-order valence-electron chi connectivity index (χ3n) is 1.90. The van der Waals surface area contributed by atoms with E-state index in [0.717, 1.165) is 6.92 Å². The van der Waals surface area contributed by atoms with Crippen molar-refractivity contribution in [1.82, 2.24) is 4.98 Å². The van der Waals surface area contributed by atoms with Crippen LogP contribution in [-0.4, -0.2) is 9.91 Å². The van der Waals surface area contributed by atoms with Crippen LogP contribution in [0.15, 0.2) is 6.07 Å². The van der Waals surface area contributed by atoms with Crippen LogP contribution >= 0.6 is 0 Å². The minimum Gasteiger partial charge on any atom is -0.258 e. The topological polar surface area (TPSA) is 56.0 Å². The predicted octanol–water partition coefficient (Wildman–Crippen LogP) is 3.25. The van der Waals surface area contributed by atoms with Crippen LogP contribution in [0, 0.1) is 17.0 Å². The lowest BCUT2D eigenvalue weighted by Crippen LogP contribution is -2.12. The van der Waals surface area contributed by atoms with Crippen LogP contribution in [0.2, 0.25) is 0 Å². The van der Waals surface area contributed by atoms with E-state index in [-0.39, 0.29) is 6.07 Å². The molecule has 0 bridgehead atoms. The Morgan fingerprint density at radius 1 is 1.41 bits per heavy atom. The molecule has 1 aromatic heterocycles. The molecular weight excluding hydrogens is 251 g/mol. The molecule has 0 saturated carbocycles. The van der Waals surface area contributed by atoms with Crippen molar-refractivity contribution in [1.29, 1.82) is 0 Å². The lowest BCUT2D eigenvalue weighted by molar-refractivity contribution is -0.389. The van der Waals surface area contributed by atoms with E-state index in [2.05, 4.69) is 4.98 Å². The Kier molecular flexibility index (Phi) is 3.30. The second-order valence-electron chi connectivity index (χ2n) is 3.08. The van der Waals surface area contributed by atoms with Crippen LogP contribution in [0.3, 0.4) is 0 Å². The third-order valence-corrected chi connectivity index (χ3v) is 1.90. The minimum absolute atomic E-state index is 0.00417. The maximum atomic E-state index is 12.5. The van der Waals surface area contributed by atoms with Gasteiger partial charge in [-0.3, -0.25) is 10.1 Å². The first kappa shape index (κ1) is 13.3.